The second-order valence-corrected chi connectivity index (χ2v) is 7.78. The van der Waals surface area contributed by atoms with Gasteiger partial charge in [0.15, 0.2) is 0 Å². The summed E-state index contributed by atoms with van der Waals surface area (Å²) in [5.41, 5.74) is 8.35. The Labute approximate surface area is 162 Å². The molecule has 2 N–H and O–H groups in total. The number of hydrogen-bond donors (Lipinski definition) is 1. The molecule has 1 amide bonds. The zero-order valence-electron chi connectivity index (χ0n) is 15.1. The fraction of sp³-hybridized carbons (Fsp3) is 0.300. The summed E-state index contributed by atoms with van der Waals surface area (Å²) in [5.74, 6) is 0.0921. The monoisotopic (exact) mass is 377 g/mol. The maximum Gasteiger partial charge on any atom is 0.240 e. The van der Waals surface area contributed by atoms with Crippen LogP contribution in [0.15, 0.2) is 35.4 Å². The number of carbonyl (C=O) groups excluding carboxylic acids is 1. The first-order valence-electron chi connectivity index (χ1n) is 8.63. The lowest BCUT2D eigenvalue weighted by molar-refractivity contribution is -0.118. The fourth-order valence-electron chi connectivity index (χ4n) is 3.08. The van der Waals surface area contributed by atoms with Crippen molar-refractivity contribution in [2.75, 3.05) is 17.2 Å². The number of nitrogen functional groups attached to an aromatic ring is 1. The lowest BCUT2D eigenvalue weighted by atomic mass is 10.1. The Bertz CT molecular complexity index is 973. The minimum Gasteiger partial charge on any atom is -0.383 e. The molecule has 0 bridgehead atoms. The third kappa shape index (κ3) is 3.60. The zero-order chi connectivity index (χ0) is 19.6. The number of anilines is 2. The van der Waals surface area contributed by atoms with E-state index < -0.39 is 5.25 Å². The number of benzene rings is 1. The molecule has 7 heteroatoms. The number of para-hydroxylation sites is 1. The van der Waals surface area contributed by atoms with Crippen molar-refractivity contribution in [3.8, 4) is 12.1 Å². The van der Waals surface area contributed by atoms with Gasteiger partial charge >= 0.3 is 0 Å². The largest absolute Gasteiger partial charge is 0.383 e. The van der Waals surface area contributed by atoms with Gasteiger partial charge in [0.05, 0.1) is 16.4 Å². The van der Waals surface area contributed by atoms with Crippen LogP contribution in [0.1, 0.15) is 30.5 Å². The van der Waals surface area contributed by atoms with E-state index in [-0.39, 0.29) is 28.8 Å². The van der Waals surface area contributed by atoms with E-state index in [1.165, 1.54) is 17.8 Å². The molecule has 0 spiro atoms. The summed E-state index contributed by atoms with van der Waals surface area (Å²) < 4.78 is 0. The number of nitriles is 2. The van der Waals surface area contributed by atoms with Crippen molar-refractivity contribution in [3.63, 3.8) is 0 Å². The van der Waals surface area contributed by atoms with Crippen LogP contribution < -0.4 is 10.6 Å². The summed E-state index contributed by atoms with van der Waals surface area (Å²) >= 11 is 1.24. The van der Waals surface area contributed by atoms with Gasteiger partial charge in [0.1, 0.15) is 23.0 Å². The average molecular weight is 377 g/mol. The number of nitrogens with two attached hydrogens (primary N) is 1. The van der Waals surface area contributed by atoms with Crippen LogP contribution in [-0.2, 0) is 11.2 Å². The average Bonchev–Trinajstić information content (AvgIpc) is 3.09. The Morgan fingerprint density at radius 2 is 1.96 bits per heavy atom. The molecule has 0 aliphatic carbocycles. The highest BCUT2D eigenvalue weighted by atomic mass is 32.2. The van der Waals surface area contributed by atoms with Gasteiger partial charge in [0, 0.05) is 12.2 Å². The van der Waals surface area contributed by atoms with Crippen LogP contribution >= 0.6 is 11.8 Å². The lowest BCUT2D eigenvalue weighted by Crippen LogP contribution is -2.39. The first-order valence-corrected chi connectivity index (χ1v) is 9.51. The van der Waals surface area contributed by atoms with Gasteiger partial charge in [-0.2, -0.15) is 10.5 Å². The Balaban J connectivity index is 1.92. The van der Waals surface area contributed by atoms with Crippen molar-refractivity contribution in [3.05, 3.63) is 47.0 Å². The van der Waals surface area contributed by atoms with Gasteiger partial charge in [-0.25, -0.2) is 4.98 Å². The van der Waals surface area contributed by atoms with Crippen molar-refractivity contribution >= 4 is 29.2 Å². The maximum absolute atomic E-state index is 13.3. The van der Waals surface area contributed by atoms with Crippen LogP contribution in [-0.4, -0.2) is 22.7 Å². The Kier molecular flexibility index (Phi) is 5.34. The predicted octanol–water partition coefficient (Wildman–Crippen LogP) is 3.11. The second kappa shape index (κ2) is 7.69. The molecular weight excluding hydrogens is 358 g/mol. The van der Waals surface area contributed by atoms with E-state index in [0.717, 1.165) is 17.7 Å². The van der Waals surface area contributed by atoms with Gasteiger partial charge in [-0.3, -0.25) is 4.79 Å². The first-order chi connectivity index (χ1) is 13.0. The fourth-order valence-corrected chi connectivity index (χ4v) is 4.21. The van der Waals surface area contributed by atoms with Crippen LogP contribution in [0, 0.1) is 28.6 Å². The molecule has 2 heterocycles. The molecule has 2 aromatic rings. The van der Waals surface area contributed by atoms with Gasteiger partial charge in [-0.1, -0.05) is 43.8 Å². The van der Waals surface area contributed by atoms with Crippen molar-refractivity contribution in [1.29, 1.82) is 10.5 Å². The molecule has 0 unspecified atom stereocenters. The van der Waals surface area contributed by atoms with Gasteiger partial charge in [0.25, 0.3) is 0 Å². The van der Waals surface area contributed by atoms with E-state index in [2.05, 4.69) is 11.1 Å². The molecule has 1 atom stereocenters. The SMILES string of the molecule is CC(C)[C@H](Sc1nc(N)c(C#N)cc1C#N)C(=O)N1CCc2ccccc21. The standard InChI is InChI=1S/C20H19N5OS/c1-12(2)17(20(26)25-8-7-13-5-3-4-6-16(13)25)27-19-15(11-22)9-14(10-21)18(23)24-19/h3-6,9,12,17H,7-8H2,1-2H3,(H2,23,24)/t17-/m0/s1. The minimum absolute atomic E-state index is 0.00595. The number of pyridine rings is 1. The Morgan fingerprint density at radius 3 is 2.63 bits per heavy atom. The molecule has 1 aromatic carbocycles. The van der Waals surface area contributed by atoms with Crippen molar-refractivity contribution < 1.29 is 4.79 Å². The quantitative estimate of drug-likeness (QED) is 0.821. The van der Waals surface area contributed by atoms with Gasteiger partial charge in [-0.15, -0.1) is 0 Å². The molecule has 27 heavy (non-hydrogen) atoms. The first kappa shape index (κ1) is 18.8. The van der Waals surface area contributed by atoms with Crippen molar-refractivity contribution in [2.45, 2.75) is 30.5 Å². The van der Waals surface area contributed by atoms with E-state index in [4.69, 9.17) is 11.0 Å². The van der Waals surface area contributed by atoms with E-state index in [1.54, 1.807) is 0 Å². The molecule has 1 aliphatic heterocycles. The number of rotatable bonds is 4. The van der Waals surface area contributed by atoms with Crippen LogP contribution in [0.2, 0.25) is 0 Å². The molecular formula is C20H19N5OS. The van der Waals surface area contributed by atoms with Gasteiger partial charge in [0.2, 0.25) is 5.91 Å². The zero-order valence-corrected chi connectivity index (χ0v) is 16.0. The van der Waals surface area contributed by atoms with Crippen LogP contribution in [0.3, 0.4) is 0 Å². The van der Waals surface area contributed by atoms with E-state index >= 15 is 0 Å². The third-order valence-electron chi connectivity index (χ3n) is 4.50. The molecule has 0 saturated heterocycles. The van der Waals surface area contributed by atoms with E-state index in [0.29, 0.717) is 11.6 Å². The van der Waals surface area contributed by atoms with E-state index in [9.17, 15) is 10.1 Å². The summed E-state index contributed by atoms with van der Waals surface area (Å²) in [6.45, 7) is 4.59. The van der Waals surface area contributed by atoms with E-state index in [1.807, 2.05) is 49.1 Å². The number of fused-ring (bicyclic) bond motifs is 1. The molecule has 0 saturated carbocycles. The highest BCUT2D eigenvalue weighted by Crippen LogP contribution is 2.35. The van der Waals surface area contributed by atoms with Crippen molar-refractivity contribution in [1.82, 2.24) is 4.98 Å². The molecule has 1 aliphatic rings. The highest BCUT2D eigenvalue weighted by molar-refractivity contribution is 8.00. The minimum atomic E-state index is -0.414. The van der Waals surface area contributed by atoms with Gasteiger partial charge < -0.3 is 10.6 Å². The van der Waals surface area contributed by atoms with Crippen molar-refractivity contribution in [2.24, 2.45) is 5.92 Å². The number of hydrogen-bond acceptors (Lipinski definition) is 6. The van der Waals surface area contributed by atoms with Crippen LogP contribution in [0.5, 0.6) is 0 Å². The summed E-state index contributed by atoms with van der Waals surface area (Å²) in [6, 6.07) is 13.3. The predicted molar refractivity (Wildman–Crippen MR) is 105 cm³/mol. The smallest absolute Gasteiger partial charge is 0.240 e. The maximum atomic E-state index is 13.3. The number of thioether (sulfide) groups is 1. The normalized spacial score (nSPS) is 13.7. The highest BCUT2D eigenvalue weighted by Gasteiger charge is 2.33. The second-order valence-electron chi connectivity index (χ2n) is 6.65. The number of nitrogens with zero attached hydrogens (tertiary/aromatic N) is 4. The molecule has 6 nitrogen and oxygen atoms in total. The molecule has 0 fully saturated rings. The third-order valence-corrected chi connectivity index (χ3v) is 6.03. The Morgan fingerprint density at radius 1 is 1.26 bits per heavy atom. The van der Waals surface area contributed by atoms with Crippen LogP contribution in [0.25, 0.3) is 0 Å². The molecule has 3 rings (SSSR count). The molecule has 136 valence electrons. The van der Waals surface area contributed by atoms with Crippen LogP contribution in [0.4, 0.5) is 11.5 Å². The lowest BCUT2D eigenvalue weighted by Gasteiger charge is -2.26. The summed E-state index contributed by atoms with van der Waals surface area (Å²) in [7, 11) is 0. The summed E-state index contributed by atoms with van der Waals surface area (Å²) in [6.07, 6.45) is 0.836. The number of carbonyl (C=O) groups is 1. The summed E-state index contributed by atoms with van der Waals surface area (Å²) in [5, 5.41) is 18.5. The summed E-state index contributed by atoms with van der Waals surface area (Å²) in [4.78, 5) is 19.3. The molecule has 0 radical (unpaired) electrons. The van der Waals surface area contributed by atoms with Gasteiger partial charge in [-0.05, 0) is 30.0 Å². The Hall–Kier alpha value is -3.03. The number of aromatic nitrogens is 1. The topological polar surface area (TPSA) is 107 Å². The number of amides is 1. The molecule has 1 aromatic heterocycles.